The molecule has 1 atom stereocenters. The standard InChI is InChI=1S/C16H20N2O3/c1-21-11-6-7-12-13(8-11)16(20)18-14(12)9-15(19)17-10-4-2-3-5-10/h6-8,10,14H,2-5,9H2,1H3,(H,17,19)(H,18,20). The molecule has 112 valence electrons. The summed E-state index contributed by atoms with van der Waals surface area (Å²) in [5.74, 6) is 0.526. The SMILES string of the molecule is COc1ccc2c(c1)C(=O)NC2CC(=O)NC1CCCC1. The summed E-state index contributed by atoms with van der Waals surface area (Å²) in [5, 5.41) is 5.93. The highest BCUT2D eigenvalue weighted by molar-refractivity contribution is 6.00. The maximum atomic E-state index is 12.1. The molecule has 5 heteroatoms. The number of carbonyl (C=O) groups is 2. The van der Waals surface area contributed by atoms with Crippen LogP contribution in [-0.4, -0.2) is 25.0 Å². The van der Waals surface area contributed by atoms with E-state index in [-0.39, 0.29) is 17.9 Å². The summed E-state index contributed by atoms with van der Waals surface area (Å²) in [6.45, 7) is 0. The Bertz CT molecular complexity index is 565. The first-order chi connectivity index (χ1) is 10.2. The Hall–Kier alpha value is -2.04. The molecule has 1 aromatic rings. The molecule has 0 saturated heterocycles. The molecule has 0 bridgehead atoms. The average Bonchev–Trinajstić information content (AvgIpc) is 3.08. The number of nitrogens with one attached hydrogen (secondary N) is 2. The lowest BCUT2D eigenvalue weighted by molar-refractivity contribution is -0.122. The number of benzene rings is 1. The average molecular weight is 288 g/mol. The van der Waals surface area contributed by atoms with Gasteiger partial charge in [-0.2, -0.15) is 0 Å². The zero-order valence-electron chi connectivity index (χ0n) is 12.1. The first-order valence-corrected chi connectivity index (χ1v) is 7.45. The molecule has 2 N–H and O–H groups in total. The molecule has 1 aromatic carbocycles. The van der Waals surface area contributed by atoms with Crippen LogP contribution in [0.1, 0.15) is 54.1 Å². The molecule has 2 aliphatic rings. The smallest absolute Gasteiger partial charge is 0.252 e. The van der Waals surface area contributed by atoms with Crippen LogP contribution >= 0.6 is 0 Å². The maximum absolute atomic E-state index is 12.1. The summed E-state index contributed by atoms with van der Waals surface area (Å²) in [5.41, 5.74) is 1.48. The third-order valence-electron chi connectivity index (χ3n) is 4.30. The van der Waals surface area contributed by atoms with E-state index in [1.165, 1.54) is 12.8 Å². The van der Waals surface area contributed by atoms with Crippen molar-refractivity contribution in [1.29, 1.82) is 0 Å². The van der Waals surface area contributed by atoms with Crippen molar-refractivity contribution in [2.24, 2.45) is 0 Å². The summed E-state index contributed by atoms with van der Waals surface area (Å²) < 4.78 is 5.13. The minimum atomic E-state index is -0.236. The molecule has 1 aliphatic heterocycles. The predicted molar refractivity (Wildman–Crippen MR) is 78.2 cm³/mol. The van der Waals surface area contributed by atoms with E-state index in [2.05, 4.69) is 10.6 Å². The van der Waals surface area contributed by atoms with Gasteiger partial charge in [-0.15, -0.1) is 0 Å². The zero-order chi connectivity index (χ0) is 14.8. The van der Waals surface area contributed by atoms with Crippen molar-refractivity contribution >= 4 is 11.8 Å². The van der Waals surface area contributed by atoms with Gasteiger partial charge >= 0.3 is 0 Å². The van der Waals surface area contributed by atoms with Gasteiger partial charge in [0.2, 0.25) is 5.91 Å². The molecular formula is C16H20N2O3. The molecule has 0 aromatic heterocycles. The summed E-state index contributed by atoms with van der Waals surface area (Å²) in [7, 11) is 1.57. The van der Waals surface area contributed by atoms with Crippen molar-refractivity contribution in [3.05, 3.63) is 29.3 Å². The van der Waals surface area contributed by atoms with Gasteiger partial charge in [0, 0.05) is 11.6 Å². The molecular weight excluding hydrogens is 268 g/mol. The largest absolute Gasteiger partial charge is 0.497 e. The topological polar surface area (TPSA) is 67.4 Å². The highest BCUT2D eigenvalue weighted by Crippen LogP contribution is 2.30. The minimum Gasteiger partial charge on any atom is -0.497 e. The van der Waals surface area contributed by atoms with E-state index in [0.29, 0.717) is 23.8 Å². The van der Waals surface area contributed by atoms with Crippen LogP contribution in [-0.2, 0) is 4.79 Å². The third-order valence-corrected chi connectivity index (χ3v) is 4.30. The second-order valence-electron chi connectivity index (χ2n) is 5.73. The highest BCUT2D eigenvalue weighted by Gasteiger charge is 2.31. The van der Waals surface area contributed by atoms with Crippen LogP contribution in [0.5, 0.6) is 5.75 Å². The molecule has 1 heterocycles. The molecule has 1 fully saturated rings. The number of ether oxygens (including phenoxy) is 1. The van der Waals surface area contributed by atoms with Crippen LogP contribution in [0.25, 0.3) is 0 Å². The molecule has 0 spiro atoms. The molecule has 1 saturated carbocycles. The van der Waals surface area contributed by atoms with Gasteiger partial charge in [0.25, 0.3) is 5.91 Å². The van der Waals surface area contributed by atoms with Gasteiger partial charge in [-0.25, -0.2) is 0 Å². The lowest BCUT2D eigenvalue weighted by Crippen LogP contribution is -2.35. The van der Waals surface area contributed by atoms with Crippen LogP contribution in [0.3, 0.4) is 0 Å². The quantitative estimate of drug-likeness (QED) is 0.889. The predicted octanol–water partition coefficient (Wildman–Crippen LogP) is 1.93. The van der Waals surface area contributed by atoms with Crippen molar-refractivity contribution in [2.45, 2.75) is 44.2 Å². The van der Waals surface area contributed by atoms with Gasteiger partial charge in [-0.05, 0) is 30.5 Å². The van der Waals surface area contributed by atoms with Crippen LogP contribution in [0.2, 0.25) is 0 Å². The Kier molecular flexibility index (Phi) is 3.82. The number of methoxy groups -OCH3 is 1. The van der Waals surface area contributed by atoms with Gasteiger partial charge in [0.05, 0.1) is 19.6 Å². The Morgan fingerprint density at radius 3 is 2.86 bits per heavy atom. The van der Waals surface area contributed by atoms with Gasteiger partial charge < -0.3 is 15.4 Å². The Morgan fingerprint density at radius 1 is 1.38 bits per heavy atom. The number of rotatable bonds is 4. The highest BCUT2D eigenvalue weighted by atomic mass is 16.5. The van der Waals surface area contributed by atoms with Gasteiger partial charge in [0.1, 0.15) is 5.75 Å². The van der Waals surface area contributed by atoms with E-state index in [0.717, 1.165) is 18.4 Å². The molecule has 2 amide bonds. The van der Waals surface area contributed by atoms with Crippen molar-refractivity contribution in [1.82, 2.24) is 10.6 Å². The normalized spacial score (nSPS) is 21.0. The number of fused-ring (bicyclic) bond motifs is 1. The van der Waals surface area contributed by atoms with E-state index in [1.807, 2.05) is 12.1 Å². The molecule has 0 radical (unpaired) electrons. The van der Waals surface area contributed by atoms with Gasteiger partial charge in [-0.3, -0.25) is 9.59 Å². The second-order valence-corrected chi connectivity index (χ2v) is 5.73. The fourth-order valence-electron chi connectivity index (χ4n) is 3.18. The molecule has 5 nitrogen and oxygen atoms in total. The first kappa shape index (κ1) is 13.9. The Labute approximate surface area is 124 Å². The monoisotopic (exact) mass is 288 g/mol. The fraction of sp³-hybridized carbons (Fsp3) is 0.500. The second kappa shape index (κ2) is 5.76. The van der Waals surface area contributed by atoms with E-state index >= 15 is 0 Å². The molecule has 1 aliphatic carbocycles. The number of hydrogen-bond acceptors (Lipinski definition) is 3. The number of amides is 2. The van der Waals surface area contributed by atoms with Crippen molar-refractivity contribution in [3.8, 4) is 5.75 Å². The van der Waals surface area contributed by atoms with E-state index in [1.54, 1.807) is 13.2 Å². The molecule has 1 unspecified atom stereocenters. The van der Waals surface area contributed by atoms with E-state index < -0.39 is 0 Å². The number of carbonyl (C=O) groups excluding carboxylic acids is 2. The van der Waals surface area contributed by atoms with Crippen molar-refractivity contribution in [3.63, 3.8) is 0 Å². The van der Waals surface area contributed by atoms with Crippen LogP contribution in [0.15, 0.2) is 18.2 Å². The van der Waals surface area contributed by atoms with Gasteiger partial charge in [-0.1, -0.05) is 18.9 Å². The summed E-state index contributed by atoms with van der Waals surface area (Å²) in [6, 6.07) is 5.48. The van der Waals surface area contributed by atoms with E-state index in [4.69, 9.17) is 4.74 Å². The summed E-state index contributed by atoms with van der Waals surface area (Å²) in [4.78, 5) is 24.1. The van der Waals surface area contributed by atoms with Gasteiger partial charge in [0.15, 0.2) is 0 Å². The fourth-order valence-corrected chi connectivity index (χ4v) is 3.18. The molecule has 21 heavy (non-hydrogen) atoms. The summed E-state index contributed by atoms with van der Waals surface area (Å²) >= 11 is 0. The lowest BCUT2D eigenvalue weighted by atomic mass is 10.0. The van der Waals surface area contributed by atoms with Crippen LogP contribution in [0.4, 0.5) is 0 Å². The Balaban J connectivity index is 1.68. The first-order valence-electron chi connectivity index (χ1n) is 7.45. The number of hydrogen-bond donors (Lipinski definition) is 2. The zero-order valence-corrected chi connectivity index (χ0v) is 12.1. The van der Waals surface area contributed by atoms with Crippen molar-refractivity contribution in [2.75, 3.05) is 7.11 Å². The third kappa shape index (κ3) is 2.86. The Morgan fingerprint density at radius 2 is 2.14 bits per heavy atom. The molecule has 3 rings (SSSR count). The minimum absolute atomic E-state index is 0.0101. The summed E-state index contributed by atoms with van der Waals surface area (Å²) in [6.07, 6.45) is 4.80. The van der Waals surface area contributed by atoms with Crippen molar-refractivity contribution < 1.29 is 14.3 Å². The van der Waals surface area contributed by atoms with Crippen LogP contribution < -0.4 is 15.4 Å². The maximum Gasteiger partial charge on any atom is 0.252 e. The van der Waals surface area contributed by atoms with Crippen LogP contribution in [0, 0.1) is 0 Å². The van der Waals surface area contributed by atoms with E-state index in [9.17, 15) is 9.59 Å². The lowest BCUT2D eigenvalue weighted by Gasteiger charge is -2.15.